The lowest BCUT2D eigenvalue weighted by molar-refractivity contribution is 0.0717. The zero-order valence-electron chi connectivity index (χ0n) is 12.1. The molecule has 4 heteroatoms. The SMILES string of the molecule is CCN(C(=O)c1ccc(C#CCCO)c(Cl)c1)C(C)C. The second-order valence-electron chi connectivity index (χ2n) is 4.65. The average molecular weight is 294 g/mol. The van der Waals surface area contributed by atoms with Crippen LogP contribution in [-0.4, -0.2) is 35.1 Å². The van der Waals surface area contributed by atoms with Crippen LogP contribution in [0.1, 0.15) is 43.1 Å². The predicted molar refractivity (Wildman–Crippen MR) is 81.9 cm³/mol. The Bertz CT molecular complexity index is 529. The van der Waals surface area contributed by atoms with E-state index < -0.39 is 0 Å². The van der Waals surface area contributed by atoms with Gasteiger partial charge in [0.2, 0.25) is 0 Å². The van der Waals surface area contributed by atoms with Crippen molar-refractivity contribution >= 4 is 17.5 Å². The summed E-state index contributed by atoms with van der Waals surface area (Å²) in [6.45, 7) is 6.61. The van der Waals surface area contributed by atoms with Crippen molar-refractivity contribution in [2.75, 3.05) is 13.2 Å². The van der Waals surface area contributed by atoms with Gasteiger partial charge in [-0.15, -0.1) is 0 Å². The van der Waals surface area contributed by atoms with Crippen LogP contribution in [0.25, 0.3) is 0 Å². The van der Waals surface area contributed by atoms with Crippen LogP contribution < -0.4 is 0 Å². The summed E-state index contributed by atoms with van der Waals surface area (Å²) in [5.74, 6) is 5.66. The van der Waals surface area contributed by atoms with Gasteiger partial charge in [-0.3, -0.25) is 4.79 Å². The second kappa shape index (κ2) is 7.94. The summed E-state index contributed by atoms with van der Waals surface area (Å²) in [5, 5.41) is 9.14. The maximum Gasteiger partial charge on any atom is 0.254 e. The van der Waals surface area contributed by atoms with Crippen LogP contribution >= 0.6 is 11.6 Å². The molecule has 0 atom stereocenters. The highest BCUT2D eigenvalue weighted by Gasteiger charge is 2.17. The van der Waals surface area contributed by atoms with E-state index in [9.17, 15) is 4.79 Å². The first-order chi connectivity index (χ1) is 9.51. The molecule has 1 aromatic rings. The Kier molecular flexibility index (Phi) is 6.57. The largest absolute Gasteiger partial charge is 0.395 e. The Hall–Kier alpha value is -1.50. The molecule has 3 nitrogen and oxygen atoms in total. The summed E-state index contributed by atoms with van der Waals surface area (Å²) in [6, 6.07) is 5.28. The highest BCUT2D eigenvalue weighted by molar-refractivity contribution is 6.32. The molecule has 0 radical (unpaired) electrons. The molecule has 0 bridgehead atoms. The van der Waals surface area contributed by atoms with E-state index in [0.29, 0.717) is 29.1 Å². The van der Waals surface area contributed by atoms with Crippen molar-refractivity contribution in [1.82, 2.24) is 4.90 Å². The molecule has 0 saturated carbocycles. The standard InChI is InChI=1S/C16H20ClNO2/c1-4-18(12(2)3)16(20)14-9-8-13(15(17)11-14)7-5-6-10-19/h8-9,11-12,19H,4,6,10H2,1-3H3. The summed E-state index contributed by atoms with van der Waals surface area (Å²) in [7, 11) is 0. The average Bonchev–Trinajstić information content (AvgIpc) is 2.41. The third-order valence-corrected chi connectivity index (χ3v) is 3.21. The fourth-order valence-corrected chi connectivity index (χ4v) is 2.10. The van der Waals surface area contributed by atoms with Gasteiger partial charge in [0, 0.05) is 30.1 Å². The van der Waals surface area contributed by atoms with Gasteiger partial charge in [0.05, 0.1) is 11.6 Å². The van der Waals surface area contributed by atoms with Crippen molar-refractivity contribution in [2.24, 2.45) is 0 Å². The highest BCUT2D eigenvalue weighted by atomic mass is 35.5. The van der Waals surface area contributed by atoms with Crippen LogP contribution in [0.5, 0.6) is 0 Å². The number of halogens is 1. The minimum absolute atomic E-state index is 0.0285. The van der Waals surface area contributed by atoms with Gasteiger partial charge in [-0.25, -0.2) is 0 Å². The number of hydrogen-bond donors (Lipinski definition) is 1. The Balaban J connectivity index is 2.98. The van der Waals surface area contributed by atoms with Gasteiger partial charge in [0.1, 0.15) is 0 Å². The Morgan fingerprint density at radius 3 is 2.65 bits per heavy atom. The molecule has 0 aliphatic carbocycles. The van der Waals surface area contributed by atoms with Gasteiger partial charge in [-0.1, -0.05) is 23.4 Å². The molecule has 0 spiro atoms. The molecule has 0 aliphatic rings. The van der Waals surface area contributed by atoms with Crippen LogP contribution in [0.4, 0.5) is 0 Å². The van der Waals surface area contributed by atoms with Crippen molar-refractivity contribution in [3.8, 4) is 11.8 Å². The zero-order valence-corrected chi connectivity index (χ0v) is 12.9. The van der Waals surface area contributed by atoms with Crippen molar-refractivity contribution in [2.45, 2.75) is 33.2 Å². The molecule has 0 saturated heterocycles. The number of rotatable bonds is 4. The Morgan fingerprint density at radius 1 is 1.45 bits per heavy atom. The van der Waals surface area contributed by atoms with Crippen LogP contribution in [-0.2, 0) is 0 Å². The Labute approximate surface area is 125 Å². The number of nitrogens with zero attached hydrogens (tertiary/aromatic N) is 1. The lowest BCUT2D eigenvalue weighted by Gasteiger charge is -2.25. The fraction of sp³-hybridized carbons (Fsp3) is 0.438. The van der Waals surface area contributed by atoms with E-state index in [1.54, 1.807) is 23.1 Å². The summed E-state index contributed by atoms with van der Waals surface area (Å²) in [6.07, 6.45) is 0.411. The lowest BCUT2D eigenvalue weighted by atomic mass is 10.1. The van der Waals surface area contributed by atoms with Crippen molar-refractivity contribution in [1.29, 1.82) is 0 Å². The van der Waals surface area contributed by atoms with E-state index in [1.807, 2.05) is 20.8 Å². The molecular formula is C16H20ClNO2. The number of hydrogen-bond acceptors (Lipinski definition) is 2. The lowest BCUT2D eigenvalue weighted by Crippen LogP contribution is -2.36. The van der Waals surface area contributed by atoms with E-state index >= 15 is 0 Å². The predicted octanol–water partition coefficient (Wildman–Crippen LogP) is 2.94. The number of aliphatic hydroxyl groups is 1. The number of carbonyl (C=O) groups excluding carboxylic acids is 1. The molecule has 0 unspecified atom stereocenters. The number of aliphatic hydroxyl groups excluding tert-OH is 1. The zero-order chi connectivity index (χ0) is 15.1. The normalized spacial score (nSPS) is 10.1. The van der Waals surface area contributed by atoms with E-state index in [1.165, 1.54) is 0 Å². The van der Waals surface area contributed by atoms with Gasteiger partial charge in [0.25, 0.3) is 5.91 Å². The van der Waals surface area contributed by atoms with Crippen molar-refractivity contribution < 1.29 is 9.90 Å². The van der Waals surface area contributed by atoms with Crippen LogP contribution in [0.3, 0.4) is 0 Å². The Morgan fingerprint density at radius 2 is 2.15 bits per heavy atom. The van der Waals surface area contributed by atoms with Gasteiger partial charge >= 0.3 is 0 Å². The molecule has 0 aliphatic heterocycles. The van der Waals surface area contributed by atoms with Crippen LogP contribution in [0.2, 0.25) is 5.02 Å². The molecular weight excluding hydrogens is 274 g/mol. The van der Waals surface area contributed by atoms with Gasteiger partial charge in [0.15, 0.2) is 0 Å². The second-order valence-corrected chi connectivity index (χ2v) is 5.06. The first-order valence-corrected chi connectivity index (χ1v) is 7.09. The van der Waals surface area contributed by atoms with Crippen molar-refractivity contribution in [3.05, 3.63) is 34.3 Å². The smallest absolute Gasteiger partial charge is 0.254 e. The summed E-state index contributed by atoms with van der Waals surface area (Å²) in [4.78, 5) is 14.1. The van der Waals surface area contributed by atoms with Gasteiger partial charge < -0.3 is 10.0 Å². The van der Waals surface area contributed by atoms with Crippen LogP contribution in [0.15, 0.2) is 18.2 Å². The fourth-order valence-electron chi connectivity index (χ4n) is 1.87. The summed E-state index contributed by atoms with van der Waals surface area (Å²) < 4.78 is 0. The molecule has 1 aromatic carbocycles. The van der Waals surface area contributed by atoms with E-state index in [4.69, 9.17) is 16.7 Å². The maximum atomic E-state index is 12.3. The molecule has 0 heterocycles. The van der Waals surface area contributed by atoms with E-state index in [2.05, 4.69) is 11.8 Å². The molecule has 0 aromatic heterocycles. The van der Waals surface area contributed by atoms with Gasteiger partial charge in [-0.2, -0.15) is 0 Å². The van der Waals surface area contributed by atoms with Crippen molar-refractivity contribution in [3.63, 3.8) is 0 Å². The summed E-state index contributed by atoms with van der Waals surface area (Å²) >= 11 is 6.14. The molecule has 0 fully saturated rings. The maximum absolute atomic E-state index is 12.3. The number of carbonyl (C=O) groups is 1. The van der Waals surface area contributed by atoms with E-state index in [0.717, 1.165) is 0 Å². The molecule has 20 heavy (non-hydrogen) atoms. The molecule has 1 rings (SSSR count). The third kappa shape index (κ3) is 4.26. The summed E-state index contributed by atoms with van der Waals surface area (Å²) in [5.41, 5.74) is 1.24. The molecule has 1 amide bonds. The monoisotopic (exact) mass is 293 g/mol. The van der Waals surface area contributed by atoms with Crippen LogP contribution in [0, 0.1) is 11.8 Å². The highest BCUT2D eigenvalue weighted by Crippen LogP contribution is 2.19. The topological polar surface area (TPSA) is 40.5 Å². The third-order valence-electron chi connectivity index (χ3n) is 2.90. The quantitative estimate of drug-likeness (QED) is 0.867. The number of benzene rings is 1. The molecule has 108 valence electrons. The van der Waals surface area contributed by atoms with Gasteiger partial charge in [-0.05, 0) is 39.0 Å². The minimum Gasteiger partial charge on any atom is -0.395 e. The number of amides is 1. The molecule has 1 N–H and O–H groups in total. The first-order valence-electron chi connectivity index (χ1n) is 6.71. The van der Waals surface area contributed by atoms with E-state index in [-0.39, 0.29) is 18.6 Å². The minimum atomic E-state index is -0.0285. The first kappa shape index (κ1) is 16.6.